The normalized spacial score (nSPS) is 10.4. The van der Waals surface area contributed by atoms with E-state index >= 15 is 0 Å². The van der Waals surface area contributed by atoms with Gasteiger partial charge in [-0.25, -0.2) is 4.90 Å². The average molecular weight is 401 g/mol. The molecule has 5 nitrogen and oxygen atoms in total. The maximum absolute atomic E-state index is 13.1. The number of methoxy groups -OCH3 is 1. The Morgan fingerprint density at radius 1 is 0.800 bits per heavy atom. The smallest absolute Gasteiger partial charge is 0.230 e. The summed E-state index contributed by atoms with van der Waals surface area (Å²) in [6.07, 6.45) is 0.430. The van der Waals surface area contributed by atoms with Gasteiger partial charge < -0.3 is 4.74 Å². The summed E-state index contributed by atoms with van der Waals surface area (Å²) in [5.74, 6) is -0.699. The molecule has 3 aromatic rings. The number of hydrogen-bond donors (Lipinski definition) is 0. The molecule has 3 aromatic carbocycles. The Balaban J connectivity index is 2.21. The Morgan fingerprint density at radius 2 is 1.37 bits per heavy atom. The first kappa shape index (κ1) is 21.0. The number of ketones is 1. The maximum atomic E-state index is 13.1. The standard InChI is InChI=1S/C25H23NO4/c1-17(27)26(18(2)28)24-21(14-19-10-6-4-7-11-19)15-22(16-23(24)30-3)25(29)20-12-8-5-9-13-20/h4-13,15-16H,14H2,1-3H3. The van der Waals surface area contributed by atoms with Gasteiger partial charge in [-0.2, -0.15) is 0 Å². The zero-order chi connectivity index (χ0) is 21.7. The Labute approximate surface area is 175 Å². The SMILES string of the molecule is COc1cc(C(=O)c2ccccc2)cc(Cc2ccccc2)c1N(C(C)=O)C(C)=O. The van der Waals surface area contributed by atoms with E-state index in [9.17, 15) is 14.4 Å². The van der Waals surface area contributed by atoms with Crippen LogP contribution in [0.25, 0.3) is 0 Å². The number of rotatable bonds is 6. The molecular weight excluding hydrogens is 378 g/mol. The second-order valence-corrected chi connectivity index (χ2v) is 6.92. The molecule has 0 radical (unpaired) electrons. The van der Waals surface area contributed by atoms with Crippen molar-refractivity contribution < 1.29 is 19.1 Å². The molecule has 0 aromatic heterocycles. The van der Waals surface area contributed by atoms with Gasteiger partial charge in [0.1, 0.15) is 5.75 Å². The highest BCUT2D eigenvalue weighted by molar-refractivity contribution is 6.16. The van der Waals surface area contributed by atoms with E-state index < -0.39 is 11.8 Å². The van der Waals surface area contributed by atoms with Gasteiger partial charge in [-0.3, -0.25) is 14.4 Å². The second-order valence-electron chi connectivity index (χ2n) is 6.92. The van der Waals surface area contributed by atoms with E-state index in [1.54, 1.807) is 36.4 Å². The minimum atomic E-state index is -0.419. The van der Waals surface area contributed by atoms with E-state index in [0.717, 1.165) is 10.5 Å². The average Bonchev–Trinajstić information content (AvgIpc) is 2.75. The van der Waals surface area contributed by atoms with Gasteiger partial charge in [0.25, 0.3) is 0 Å². The summed E-state index contributed by atoms with van der Waals surface area (Å²) in [6, 6.07) is 21.9. The lowest BCUT2D eigenvalue weighted by Gasteiger charge is -2.24. The first-order chi connectivity index (χ1) is 14.4. The largest absolute Gasteiger partial charge is 0.495 e. The molecule has 0 atom stereocenters. The van der Waals surface area contributed by atoms with E-state index in [-0.39, 0.29) is 5.78 Å². The van der Waals surface area contributed by atoms with Crippen LogP contribution in [-0.4, -0.2) is 24.7 Å². The Morgan fingerprint density at radius 3 is 1.90 bits per heavy atom. The number of imide groups is 1. The first-order valence-corrected chi connectivity index (χ1v) is 9.58. The fourth-order valence-electron chi connectivity index (χ4n) is 3.45. The molecule has 0 spiro atoms. The molecule has 0 unspecified atom stereocenters. The molecule has 0 aliphatic carbocycles. The van der Waals surface area contributed by atoms with E-state index in [1.807, 2.05) is 36.4 Å². The van der Waals surface area contributed by atoms with Gasteiger partial charge in [0.15, 0.2) is 5.78 Å². The molecule has 152 valence electrons. The fraction of sp³-hybridized carbons (Fsp3) is 0.160. The van der Waals surface area contributed by atoms with Crippen LogP contribution in [0.3, 0.4) is 0 Å². The lowest BCUT2D eigenvalue weighted by atomic mass is 9.95. The predicted octanol–water partition coefficient (Wildman–Crippen LogP) is 4.42. The van der Waals surface area contributed by atoms with Gasteiger partial charge in [0.2, 0.25) is 11.8 Å². The maximum Gasteiger partial charge on any atom is 0.230 e. The molecule has 0 aliphatic heterocycles. The van der Waals surface area contributed by atoms with Gasteiger partial charge in [-0.15, -0.1) is 0 Å². The molecule has 0 aliphatic rings. The molecule has 3 rings (SSSR count). The monoisotopic (exact) mass is 401 g/mol. The van der Waals surface area contributed by atoms with Gasteiger partial charge in [0.05, 0.1) is 12.8 Å². The van der Waals surface area contributed by atoms with Crippen molar-refractivity contribution in [3.8, 4) is 5.75 Å². The van der Waals surface area contributed by atoms with Crippen molar-refractivity contribution in [2.45, 2.75) is 20.3 Å². The summed E-state index contributed by atoms with van der Waals surface area (Å²) in [6.45, 7) is 2.66. The van der Waals surface area contributed by atoms with Crippen molar-refractivity contribution in [1.29, 1.82) is 0 Å². The number of ether oxygens (including phenoxy) is 1. The summed E-state index contributed by atoms with van der Waals surface area (Å²) >= 11 is 0. The lowest BCUT2D eigenvalue weighted by molar-refractivity contribution is -0.124. The van der Waals surface area contributed by atoms with Crippen molar-refractivity contribution in [3.63, 3.8) is 0 Å². The van der Waals surface area contributed by atoms with Crippen molar-refractivity contribution >= 4 is 23.3 Å². The van der Waals surface area contributed by atoms with Crippen LogP contribution in [0.4, 0.5) is 5.69 Å². The van der Waals surface area contributed by atoms with Crippen LogP contribution in [0.2, 0.25) is 0 Å². The van der Waals surface area contributed by atoms with Gasteiger partial charge in [0, 0.05) is 25.0 Å². The number of amides is 2. The second kappa shape index (κ2) is 9.18. The van der Waals surface area contributed by atoms with E-state index in [0.29, 0.717) is 34.5 Å². The van der Waals surface area contributed by atoms with Crippen LogP contribution < -0.4 is 9.64 Å². The lowest BCUT2D eigenvalue weighted by Crippen LogP contribution is -2.34. The highest BCUT2D eigenvalue weighted by Gasteiger charge is 2.26. The minimum Gasteiger partial charge on any atom is -0.495 e. The summed E-state index contributed by atoms with van der Waals surface area (Å²) in [5.41, 5.74) is 2.99. The first-order valence-electron chi connectivity index (χ1n) is 9.58. The fourth-order valence-corrected chi connectivity index (χ4v) is 3.45. The summed E-state index contributed by atoms with van der Waals surface area (Å²) in [4.78, 5) is 38.7. The van der Waals surface area contributed by atoms with Crippen molar-refractivity contribution in [3.05, 3.63) is 95.1 Å². The number of nitrogens with zero attached hydrogens (tertiary/aromatic N) is 1. The van der Waals surface area contributed by atoms with Crippen molar-refractivity contribution in [2.75, 3.05) is 12.0 Å². The molecular formula is C25H23NO4. The number of benzene rings is 3. The molecule has 0 saturated carbocycles. The van der Waals surface area contributed by atoms with Crippen LogP contribution in [0, 0.1) is 0 Å². The third-order valence-electron chi connectivity index (χ3n) is 4.76. The van der Waals surface area contributed by atoms with E-state index in [4.69, 9.17) is 4.74 Å². The minimum absolute atomic E-state index is 0.160. The quantitative estimate of drug-likeness (QED) is 0.574. The summed E-state index contributed by atoms with van der Waals surface area (Å²) < 4.78 is 5.53. The zero-order valence-electron chi connectivity index (χ0n) is 17.2. The molecule has 5 heteroatoms. The number of carbonyl (C=O) groups excluding carboxylic acids is 3. The molecule has 0 bridgehead atoms. The van der Waals surface area contributed by atoms with Crippen LogP contribution in [0.1, 0.15) is 40.9 Å². The number of hydrogen-bond acceptors (Lipinski definition) is 4. The van der Waals surface area contributed by atoms with Crippen LogP contribution >= 0.6 is 0 Å². The summed E-state index contributed by atoms with van der Waals surface area (Å²) in [7, 11) is 1.46. The van der Waals surface area contributed by atoms with Crippen LogP contribution in [0.5, 0.6) is 5.75 Å². The predicted molar refractivity (Wildman–Crippen MR) is 116 cm³/mol. The Hall–Kier alpha value is -3.73. The third kappa shape index (κ3) is 4.46. The molecule has 2 amide bonds. The van der Waals surface area contributed by atoms with Crippen molar-refractivity contribution in [1.82, 2.24) is 0 Å². The highest BCUT2D eigenvalue weighted by Crippen LogP contribution is 2.36. The molecule has 0 heterocycles. The summed E-state index contributed by atoms with van der Waals surface area (Å²) in [5, 5.41) is 0. The van der Waals surface area contributed by atoms with Gasteiger partial charge >= 0.3 is 0 Å². The number of anilines is 1. The van der Waals surface area contributed by atoms with Gasteiger partial charge in [-0.05, 0) is 29.7 Å². The zero-order valence-corrected chi connectivity index (χ0v) is 17.2. The topological polar surface area (TPSA) is 63.7 Å². The molecule has 0 saturated heterocycles. The van der Waals surface area contributed by atoms with Crippen molar-refractivity contribution in [2.24, 2.45) is 0 Å². The highest BCUT2D eigenvalue weighted by atomic mass is 16.5. The molecule has 0 fully saturated rings. The van der Waals surface area contributed by atoms with Crippen LogP contribution in [-0.2, 0) is 16.0 Å². The number of carbonyl (C=O) groups is 3. The van der Waals surface area contributed by atoms with Crippen LogP contribution in [0.15, 0.2) is 72.8 Å². The molecule has 0 N–H and O–H groups in total. The van der Waals surface area contributed by atoms with E-state index in [1.165, 1.54) is 21.0 Å². The third-order valence-corrected chi connectivity index (χ3v) is 4.76. The Bertz CT molecular complexity index is 1060. The Kier molecular flexibility index (Phi) is 6.42. The molecule has 30 heavy (non-hydrogen) atoms. The van der Waals surface area contributed by atoms with Gasteiger partial charge in [-0.1, -0.05) is 60.7 Å². The van der Waals surface area contributed by atoms with E-state index in [2.05, 4.69) is 0 Å².